The van der Waals surface area contributed by atoms with Gasteiger partial charge in [-0.15, -0.1) is 0 Å². The van der Waals surface area contributed by atoms with Crippen molar-refractivity contribution in [2.75, 3.05) is 0 Å². The maximum Gasteiger partial charge on any atom is 0.192 e. The first-order valence-corrected chi connectivity index (χ1v) is 10.7. The number of hydrogen-bond donors (Lipinski definition) is 0. The quantitative estimate of drug-likeness (QED) is 0.258. The summed E-state index contributed by atoms with van der Waals surface area (Å²) in [5.41, 5.74) is -0.627. The Morgan fingerprint density at radius 2 is 0.583 bits per heavy atom. The molecule has 2 aliphatic rings. The Hall–Kier alpha value is 3.54. The molecule has 0 nitrogen and oxygen atoms in total. The van der Waals surface area contributed by atoms with Crippen LogP contribution in [0.3, 0.4) is 0 Å². The third kappa shape index (κ3) is 2.70. The van der Waals surface area contributed by atoms with Crippen LogP contribution in [0.5, 0.6) is 0 Å². The molecular weight excluding hydrogens is 616 g/mol. The monoisotopic (exact) mass is 610 g/mol. The molecule has 0 radical (unpaired) electrons. The summed E-state index contributed by atoms with van der Waals surface area (Å²) >= 11 is 86.4. The zero-order valence-corrected chi connectivity index (χ0v) is 20.9. The Kier molecular flexibility index (Phi) is 6.47. The largest absolute Gasteiger partial charge is 0.192 e. The predicted octanol–water partition coefficient (Wildman–Crippen LogP) is 9.04. The van der Waals surface area contributed by atoms with E-state index >= 15 is 0 Å². The maximum absolute atomic E-state index is 6.27. The maximum atomic E-state index is 6.27. The Morgan fingerprint density at radius 3 is 0.708 bits per heavy atom. The average Bonchev–Trinajstić information content (AvgIpc) is 2.53. The van der Waals surface area contributed by atoms with Gasteiger partial charge in [-0.3, -0.25) is 0 Å². The summed E-state index contributed by atoms with van der Waals surface area (Å²) in [6.07, 6.45) is 0. The van der Waals surface area contributed by atoms with Crippen LogP contribution in [0.25, 0.3) is 0 Å². The molecule has 0 saturated heterocycles. The summed E-state index contributed by atoms with van der Waals surface area (Å²) in [5, 5.41) is -0.815. The molecule has 0 fully saturated rings. The first-order valence-electron chi connectivity index (χ1n) is 5.40. The molecule has 2 aliphatic carbocycles. The third-order valence-corrected chi connectivity index (χ3v) is 12.4. The summed E-state index contributed by atoms with van der Waals surface area (Å²) in [4.78, 5) is 0. The molecule has 24 heavy (non-hydrogen) atoms. The van der Waals surface area contributed by atoms with E-state index < -0.39 is 36.1 Å². The van der Waals surface area contributed by atoms with E-state index in [0.717, 1.165) is 0 Å². The number of rotatable bonds is 1. The van der Waals surface area contributed by atoms with Crippen LogP contribution in [0.4, 0.5) is 0 Å². The smallest absolute Gasteiger partial charge is 0.0941 e. The van der Waals surface area contributed by atoms with E-state index in [1.807, 2.05) is 0 Å². The molecular formula is C10Cl14. The van der Waals surface area contributed by atoms with E-state index in [4.69, 9.17) is 162 Å². The van der Waals surface area contributed by atoms with Crippen LogP contribution in [-0.4, -0.2) is 26.0 Å². The summed E-state index contributed by atoms with van der Waals surface area (Å²) < 4.78 is -13.3. The molecule has 138 valence electrons. The van der Waals surface area contributed by atoms with Gasteiger partial charge in [0, 0.05) is 11.1 Å². The number of halogens is 14. The Bertz CT molecular complexity index is 605. The molecule has 0 aliphatic heterocycles. The van der Waals surface area contributed by atoms with Crippen molar-refractivity contribution in [3.8, 4) is 0 Å². The molecule has 0 saturated carbocycles. The van der Waals surface area contributed by atoms with E-state index in [-0.39, 0.29) is 11.1 Å². The SMILES string of the molecule is ClC1=C(C2=C(Cl)C(Cl)(Cl)C(Cl)(Cl)C2(Cl)Cl)C(Cl)(Cl)C(Cl)(Cl)C1(Cl)Cl. The molecule has 0 amide bonds. The van der Waals surface area contributed by atoms with E-state index in [2.05, 4.69) is 0 Å². The van der Waals surface area contributed by atoms with Crippen LogP contribution in [0.1, 0.15) is 0 Å². The molecule has 14 heteroatoms. The summed E-state index contributed by atoms with van der Waals surface area (Å²) in [6.45, 7) is 0. The number of alkyl halides is 12. The molecule has 0 heterocycles. The molecule has 0 atom stereocenters. The molecule has 0 aromatic carbocycles. The highest BCUT2D eigenvalue weighted by atomic mass is 35.6. The first-order chi connectivity index (χ1) is 10.3. The minimum absolute atomic E-state index is 0.314. The van der Waals surface area contributed by atoms with Gasteiger partial charge in [-0.1, -0.05) is 162 Å². The van der Waals surface area contributed by atoms with Crippen LogP contribution in [0.2, 0.25) is 0 Å². The van der Waals surface area contributed by atoms with Gasteiger partial charge in [-0.25, -0.2) is 0 Å². The van der Waals surface area contributed by atoms with Crippen molar-refractivity contribution in [3.63, 3.8) is 0 Å². The highest BCUT2D eigenvalue weighted by Crippen LogP contribution is 2.74. The minimum atomic E-state index is -2.24. The van der Waals surface area contributed by atoms with Crippen LogP contribution in [0.15, 0.2) is 21.2 Å². The fourth-order valence-corrected chi connectivity index (χ4v) is 6.66. The van der Waals surface area contributed by atoms with Crippen molar-refractivity contribution in [1.29, 1.82) is 0 Å². The topological polar surface area (TPSA) is 0 Å². The van der Waals surface area contributed by atoms with Gasteiger partial charge in [0.05, 0.1) is 10.1 Å². The summed E-state index contributed by atoms with van der Waals surface area (Å²) in [7, 11) is 0. The molecule has 0 bridgehead atoms. The van der Waals surface area contributed by atoms with Crippen LogP contribution >= 0.6 is 162 Å². The molecule has 0 aromatic heterocycles. The minimum Gasteiger partial charge on any atom is -0.0941 e. The zero-order valence-electron chi connectivity index (χ0n) is 10.3. The lowest BCUT2D eigenvalue weighted by Crippen LogP contribution is -2.47. The van der Waals surface area contributed by atoms with Crippen molar-refractivity contribution in [3.05, 3.63) is 21.2 Å². The van der Waals surface area contributed by atoms with E-state index in [9.17, 15) is 0 Å². The summed E-state index contributed by atoms with van der Waals surface area (Å²) in [5.74, 6) is 0. The number of allylic oxidation sites excluding steroid dienone is 4. The second-order valence-electron chi connectivity index (χ2n) is 4.82. The lowest BCUT2D eigenvalue weighted by atomic mass is 10.0. The van der Waals surface area contributed by atoms with Crippen molar-refractivity contribution in [2.45, 2.75) is 26.0 Å². The van der Waals surface area contributed by atoms with Gasteiger partial charge in [0.1, 0.15) is 0 Å². The molecule has 0 N–H and O–H groups in total. The van der Waals surface area contributed by atoms with Crippen LogP contribution in [0, 0.1) is 0 Å². The van der Waals surface area contributed by atoms with Crippen LogP contribution < -0.4 is 0 Å². The van der Waals surface area contributed by atoms with Gasteiger partial charge >= 0.3 is 0 Å². The predicted molar refractivity (Wildman–Crippen MR) is 112 cm³/mol. The van der Waals surface area contributed by atoms with Gasteiger partial charge in [-0.05, 0) is 0 Å². The molecule has 2 rings (SSSR count). The first kappa shape index (κ1) is 23.8. The Labute approximate surface area is 207 Å². The number of hydrogen-bond acceptors (Lipinski definition) is 0. The average molecular weight is 616 g/mol. The molecule has 0 aromatic rings. The highest BCUT2D eigenvalue weighted by molar-refractivity contribution is 6.77. The van der Waals surface area contributed by atoms with Gasteiger partial charge in [0.2, 0.25) is 0 Å². The second kappa shape index (κ2) is 6.52. The van der Waals surface area contributed by atoms with Gasteiger partial charge in [0.15, 0.2) is 26.0 Å². The normalized spacial score (nSPS) is 31.8. The van der Waals surface area contributed by atoms with Crippen molar-refractivity contribution >= 4 is 162 Å². The molecule has 0 unspecified atom stereocenters. The molecule has 0 spiro atoms. The fraction of sp³-hybridized carbons (Fsp3) is 0.600. The second-order valence-corrected chi connectivity index (χ2v) is 13.5. The standard InChI is InChI=1S/C10Cl14/c11-3-1(5(13,14)9(21,22)7(3,17)18)2-4(12)8(19,20)10(23,24)6(2,15)16. The van der Waals surface area contributed by atoms with Gasteiger partial charge in [0.25, 0.3) is 0 Å². The van der Waals surface area contributed by atoms with E-state index in [0.29, 0.717) is 0 Å². The highest BCUT2D eigenvalue weighted by Gasteiger charge is 2.76. The van der Waals surface area contributed by atoms with Gasteiger partial charge in [-0.2, -0.15) is 0 Å². The Morgan fingerprint density at radius 1 is 0.375 bits per heavy atom. The van der Waals surface area contributed by atoms with Crippen molar-refractivity contribution in [1.82, 2.24) is 0 Å². The van der Waals surface area contributed by atoms with Crippen molar-refractivity contribution in [2.24, 2.45) is 0 Å². The lowest BCUT2D eigenvalue weighted by molar-refractivity contribution is 0.731. The fourth-order valence-electron chi connectivity index (χ4n) is 2.11. The lowest BCUT2D eigenvalue weighted by Gasteiger charge is -2.36. The van der Waals surface area contributed by atoms with E-state index in [1.165, 1.54) is 0 Å². The summed E-state index contributed by atoms with van der Waals surface area (Å²) in [6, 6.07) is 0. The third-order valence-electron chi connectivity index (χ3n) is 3.45. The van der Waals surface area contributed by atoms with Crippen LogP contribution in [-0.2, 0) is 0 Å². The van der Waals surface area contributed by atoms with Gasteiger partial charge < -0.3 is 0 Å². The zero-order chi connectivity index (χ0) is 19.3. The Balaban J connectivity index is 2.90. The van der Waals surface area contributed by atoms with Crippen molar-refractivity contribution < 1.29 is 0 Å². The van der Waals surface area contributed by atoms with E-state index in [1.54, 1.807) is 0 Å².